The average Bonchev–Trinajstić information content (AvgIpc) is 2.95. The molecule has 0 spiro atoms. The number of fused-ring (bicyclic) bond motifs is 1. The fourth-order valence-corrected chi connectivity index (χ4v) is 2.69. The van der Waals surface area contributed by atoms with E-state index in [2.05, 4.69) is 30.6 Å². The molecule has 1 aliphatic heterocycles. The van der Waals surface area contributed by atoms with Crippen molar-refractivity contribution in [3.05, 3.63) is 30.5 Å². The van der Waals surface area contributed by atoms with Gasteiger partial charge in [-0.2, -0.15) is 4.98 Å². The van der Waals surface area contributed by atoms with Crippen LogP contribution in [0.25, 0.3) is 0 Å². The van der Waals surface area contributed by atoms with Crippen LogP contribution in [0.1, 0.15) is 12.2 Å². The highest BCUT2D eigenvalue weighted by atomic mass is 16.5. The Labute approximate surface area is 118 Å². The van der Waals surface area contributed by atoms with Crippen molar-refractivity contribution in [3.8, 4) is 5.88 Å². The average molecular weight is 273 g/mol. The Morgan fingerprint density at radius 3 is 3.15 bits per heavy atom. The molecule has 0 saturated carbocycles. The van der Waals surface area contributed by atoms with Crippen LogP contribution in [-0.2, 0) is 13.0 Å². The summed E-state index contributed by atoms with van der Waals surface area (Å²) in [6, 6.07) is 1.76. The monoisotopic (exact) mass is 273 g/mol. The van der Waals surface area contributed by atoms with Crippen LogP contribution in [0.5, 0.6) is 5.88 Å². The summed E-state index contributed by atoms with van der Waals surface area (Å²) in [5, 5.41) is 0. The van der Waals surface area contributed by atoms with Crippen LogP contribution >= 0.6 is 0 Å². The number of nitrogens with zero attached hydrogens (tertiary/aromatic N) is 5. The van der Waals surface area contributed by atoms with Gasteiger partial charge in [0.05, 0.1) is 7.11 Å². The molecule has 0 N–H and O–H groups in total. The lowest BCUT2D eigenvalue weighted by atomic mass is 9.99. The van der Waals surface area contributed by atoms with Gasteiger partial charge in [-0.05, 0) is 12.3 Å². The van der Waals surface area contributed by atoms with Gasteiger partial charge in [0.2, 0.25) is 11.8 Å². The molecule has 2 aromatic heterocycles. The second-order valence-corrected chi connectivity index (χ2v) is 5.18. The first-order valence-electron chi connectivity index (χ1n) is 6.84. The van der Waals surface area contributed by atoms with Crippen LogP contribution in [0.4, 0.5) is 5.95 Å². The van der Waals surface area contributed by atoms with Gasteiger partial charge in [0, 0.05) is 51.2 Å². The Balaban J connectivity index is 1.66. The van der Waals surface area contributed by atoms with E-state index in [0.717, 1.165) is 25.9 Å². The number of imidazole rings is 1. The van der Waals surface area contributed by atoms with E-state index in [9.17, 15) is 0 Å². The highest BCUT2D eigenvalue weighted by molar-refractivity contribution is 5.30. The van der Waals surface area contributed by atoms with E-state index < -0.39 is 0 Å². The molecule has 0 saturated heterocycles. The van der Waals surface area contributed by atoms with E-state index >= 15 is 0 Å². The summed E-state index contributed by atoms with van der Waals surface area (Å²) in [7, 11) is 3.64. The Hall–Kier alpha value is -2.11. The number of methoxy groups -OCH3 is 1. The maximum Gasteiger partial charge on any atom is 0.228 e. The van der Waals surface area contributed by atoms with Crippen molar-refractivity contribution in [1.29, 1.82) is 0 Å². The van der Waals surface area contributed by atoms with Gasteiger partial charge in [0.15, 0.2) is 0 Å². The molecule has 0 fully saturated rings. The van der Waals surface area contributed by atoms with Crippen LogP contribution in [0.2, 0.25) is 0 Å². The Bertz CT molecular complexity index is 582. The van der Waals surface area contributed by atoms with Crippen molar-refractivity contribution in [2.45, 2.75) is 19.4 Å². The van der Waals surface area contributed by atoms with Crippen LogP contribution in [0.15, 0.2) is 24.7 Å². The second-order valence-electron chi connectivity index (χ2n) is 5.18. The van der Waals surface area contributed by atoms with Crippen molar-refractivity contribution in [2.75, 3.05) is 25.6 Å². The predicted molar refractivity (Wildman–Crippen MR) is 75.9 cm³/mol. The zero-order chi connectivity index (χ0) is 13.9. The summed E-state index contributed by atoms with van der Waals surface area (Å²) in [6.45, 7) is 1.95. The first-order valence-corrected chi connectivity index (χ1v) is 6.84. The van der Waals surface area contributed by atoms with Crippen LogP contribution in [-0.4, -0.2) is 40.2 Å². The molecule has 0 radical (unpaired) electrons. The van der Waals surface area contributed by atoms with Gasteiger partial charge in [-0.25, -0.2) is 9.97 Å². The number of ether oxygens (including phenoxy) is 1. The lowest BCUT2D eigenvalue weighted by Gasteiger charge is -2.28. The molecule has 1 atom stereocenters. The third-order valence-corrected chi connectivity index (χ3v) is 3.73. The molecule has 0 aromatic carbocycles. The minimum Gasteiger partial charge on any atom is -0.481 e. The summed E-state index contributed by atoms with van der Waals surface area (Å²) in [4.78, 5) is 15.1. The van der Waals surface area contributed by atoms with E-state index in [1.807, 2.05) is 13.2 Å². The molecule has 2 aromatic rings. The van der Waals surface area contributed by atoms with Gasteiger partial charge in [0.1, 0.15) is 5.82 Å². The van der Waals surface area contributed by atoms with Gasteiger partial charge < -0.3 is 14.2 Å². The zero-order valence-corrected chi connectivity index (χ0v) is 11.9. The maximum atomic E-state index is 5.14. The van der Waals surface area contributed by atoms with Gasteiger partial charge in [-0.3, -0.25) is 0 Å². The minimum atomic E-state index is 0.594. The highest BCUT2D eigenvalue weighted by Gasteiger charge is 2.21. The SMILES string of the molecule is COc1ccnc(N(C)C[C@H]2CCc3nccn3C2)n1. The Morgan fingerprint density at radius 2 is 2.30 bits per heavy atom. The van der Waals surface area contributed by atoms with Crippen LogP contribution in [0.3, 0.4) is 0 Å². The third-order valence-electron chi connectivity index (χ3n) is 3.73. The predicted octanol–water partition coefficient (Wildman–Crippen LogP) is 1.38. The topological polar surface area (TPSA) is 56.1 Å². The van der Waals surface area contributed by atoms with E-state index in [4.69, 9.17) is 4.74 Å². The molecular formula is C14H19N5O. The smallest absolute Gasteiger partial charge is 0.228 e. The quantitative estimate of drug-likeness (QED) is 0.842. The van der Waals surface area contributed by atoms with E-state index in [0.29, 0.717) is 17.7 Å². The molecule has 6 heteroatoms. The fourth-order valence-electron chi connectivity index (χ4n) is 2.69. The van der Waals surface area contributed by atoms with Crippen molar-refractivity contribution in [3.63, 3.8) is 0 Å². The van der Waals surface area contributed by atoms with E-state index in [-0.39, 0.29) is 0 Å². The highest BCUT2D eigenvalue weighted by Crippen LogP contribution is 2.21. The maximum absolute atomic E-state index is 5.14. The molecule has 0 aliphatic carbocycles. The van der Waals surface area contributed by atoms with Crippen molar-refractivity contribution in [2.24, 2.45) is 5.92 Å². The number of rotatable bonds is 4. The molecule has 0 unspecified atom stereocenters. The third kappa shape index (κ3) is 2.59. The van der Waals surface area contributed by atoms with Gasteiger partial charge >= 0.3 is 0 Å². The fraction of sp³-hybridized carbons (Fsp3) is 0.500. The molecule has 0 bridgehead atoms. The lowest BCUT2D eigenvalue weighted by molar-refractivity contribution is 0.366. The first kappa shape index (κ1) is 12.9. The summed E-state index contributed by atoms with van der Waals surface area (Å²) in [5.74, 6) is 3.10. The first-order chi connectivity index (χ1) is 9.76. The van der Waals surface area contributed by atoms with Crippen LogP contribution in [0, 0.1) is 5.92 Å². The number of anilines is 1. The number of aromatic nitrogens is 4. The molecule has 3 heterocycles. The van der Waals surface area contributed by atoms with Crippen molar-refractivity contribution >= 4 is 5.95 Å². The van der Waals surface area contributed by atoms with Crippen molar-refractivity contribution in [1.82, 2.24) is 19.5 Å². The normalized spacial score (nSPS) is 17.6. The van der Waals surface area contributed by atoms with Crippen molar-refractivity contribution < 1.29 is 4.74 Å². The summed E-state index contributed by atoms with van der Waals surface area (Å²) < 4.78 is 7.39. The van der Waals surface area contributed by atoms with Crippen LogP contribution < -0.4 is 9.64 Å². The molecule has 0 amide bonds. The molecular weight excluding hydrogens is 254 g/mol. The number of aryl methyl sites for hydroxylation is 1. The van der Waals surface area contributed by atoms with E-state index in [1.165, 1.54) is 5.82 Å². The Kier molecular flexibility index (Phi) is 3.54. The van der Waals surface area contributed by atoms with E-state index in [1.54, 1.807) is 19.4 Å². The standard InChI is InChI=1S/C14H19N5O/c1-18(14-16-6-5-13(17-14)20-2)9-11-3-4-12-15-7-8-19(12)10-11/h5-8,11H,3-4,9-10H2,1-2H3/t11-/m1/s1. The lowest BCUT2D eigenvalue weighted by Crippen LogP contribution is -2.32. The molecule has 6 nitrogen and oxygen atoms in total. The van der Waals surface area contributed by atoms with Gasteiger partial charge in [-0.1, -0.05) is 0 Å². The molecule has 106 valence electrons. The molecule has 20 heavy (non-hydrogen) atoms. The summed E-state index contributed by atoms with van der Waals surface area (Å²) >= 11 is 0. The molecule has 1 aliphatic rings. The zero-order valence-electron chi connectivity index (χ0n) is 11.9. The summed E-state index contributed by atoms with van der Waals surface area (Å²) in [6.07, 6.45) is 7.87. The van der Waals surface area contributed by atoms with Gasteiger partial charge in [0.25, 0.3) is 0 Å². The number of hydrogen-bond acceptors (Lipinski definition) is 5. The largest absolute Gasteiger partial charge is 0.481 e. The summed E-state index contributed by atoms with van der Waals surface area (Å²) in [5.41, 5.74) is 0. The molecule has 3 rings (SSSR count). The van der Waals surface area contributed by atoms with Gasteiger partial charge in [-0.15, -0.1) is 0 Å². The number of hydrogen-bond donors (Lipinski definition) is 0. The second kappa shape index (κ2) is 5.48. The minimum absolute atomic E-state index is 0.594. The Morgan fingerprint density at radius 1 is 1.40 bits per heavy atom.